The first-order valence-electron chi connectivity index (χ1n) is 7.37. The number of pyridine rings is 1. The summed E-state index contributed by atoms with van der Waals surface area (Å²) in [6.07, 6.45) is 7.24. The molecule has 0 amide bonds. The van der Waals surface area contributed by atoms with Crippen LogP contribution in [0.25, 0.3) is 0 Å². The molecule has 2 fully saturated rings. The predicted molar refractivity (Wildman–Crippen MR) is 74.9 cm³/mol. The van der Waals surface area contributed by atoms with Gasteiger partial charge in [0.2, 0.25) is 5.88 Å². The summed E-state index contributed by atoms with van der Waals surface area (Å²) < 4.78 is 5.95. The van der Waals surface area contributed by atoms with Crippen LogP contribution >= 0.6 is 0 Å². The van der Waals surface area contributed by atoms with Gasteiger partial charge in [-0.05, 0) is 37.2 Å². The molecule has 104 valence electrons. The molecule has 2 heterocycles. The molecule has 0 radical (unpaired) electrons. The average molecular weight is 261 g/mol. The summed E-state index contributed by atoms with van der Waals surface area (Å²) in [7, 11) is 0. The van der Waals surface area contributed by atoms with E-state index in [1.165, 1.54) is 32.5 Å². The van der Waals surface area contributed by atoms with Gasteiger partial charge in [0.05, 0.1) is 0 Å². The van der Waals surface area contributed by atoms with Crippen LogP contribution in [0.3, 0.4) is 0 Å². The first kappa shape index (κ1) is 12.9. The molecule has 1 aromatic heterocycles. The second-order valence-electron chi connectivity index (χ2n) is 5.77. The number of hydrogen-bond donors (Lipinski definition) is 1. The summed E-state index contributed by atoms with van der Waals surface area (Å²) in [5.41, 5.74) is 6.61. The molecule has 19 heavy (non-hydrogen) atoms. The van der Waals surface area contributed by atoms with Crippen molar-refractivity contribution in [1.29, 1.82) is 0 Å². The van der Waals surface area contributed by atoms with Gasteiger partial charge in [0.25, 0.3) is 0 Å². The van der Waals surface area contributed by atoms with E-state index in [2.05, 4.69) is 9.88 Å². The number of ether oxygens (including phenoxy) is 1. The first-order chi connectivity index (χ1) is 9.33. The van der Waals surface area contributed by atoms with E-state index in [1.807, 2.05) is 12.1 Å². The van der Waals surface area contributed by atoms with Crippen LogP contribution in [0, 0.1) is 5.92 Å². The van der Waals surface area contributed by atoms with Crippen molar-refractivity contribution in [1.82, 2.24) is 9.88 Å². The fraction of sp³-hybridized carbons (Fsp3) is 0.667. The van der Waals surface area contributed by atoms with Crippen LogP contribution in [0.5, 0.6) is 5.88 Å². The minimum Gasteiger partial charge on any atom is -0.474 e. The van der Waals surface area contributed by atoms with Crippen LogP contribution in [-0.2, 0) is 6.54 Å². The normalized spacial score (nSPS) is 21.5. The largest absolute Gasteiger partial charge is 0.474 e. The van der Waals surface area contributed by atoms with E-state index in [1.54, 1.807) is 6.20 Å². The van der Waals surface area contributed by atoms with E-state index in [0.29, 0.717) is 12.6 Å². The van der Waals surface area contributed by atoms with Gasteiger partial charge in [0.15, 0.2) is 0 Å². The summed E-state index contributed by atoms with van der Waals surface area (Å²) in [5.74, 6) is 1.72. The Morgan fingerprint density at radius 3 is 2.58 bits per heavy atom. The van der Waals surface area contributed by atoms with Gasteiger partial charge >= 0.3 is 0 Å². The molecule has 1 saturated heterocycles. The van der Waals surface area contributed by atoms with Crippen LogP contribution in [0.1, 0.15) is 31.2 Å². The predicted octanol–water partition coefficient (Wildman–Crippen LogP) is 1.79. The van der Waals surface area contributed by atoms with Crippen molar-refractivity contribution in [2.24, 2.45) is 11.7 Å². The molecule has 0 unspecified atom stereocenters. The Morgan fingerprint density at radius 2 is 2.00 bits per heavy atom. The fourth-order valence-corrected chi connectivity index (χ4v) is 2.65. The molecule has 1 aliphatic carbocycles. The highest BCUT2D eigenvalue weighted by Crippen LogP contribution is 2.30. The molecular formula is C15H23N3O. The lowest BCUT2D eigenvalue weighted by Crippen LogP contribution is -2.39. The van der Waals surface area contributed by atoms with Crippen LogP contribution in [0.4, 0.5) is 0 Å². The van der Waals surface area contributed by atoms with E-state index in [-0.39, 0.29) is 0 Å². The van der Waals surface area contributed by atoms with Crippen molar-refractivity contribution in [3.8, 4) is 5.88 Å². The minimum absolute atomic E-state index is 0.326. The number of nitrogens with zero attached hydrogens (tertiary/aromatic N) is 2. The lowest BCUT2D eigenvalue weighted by Gasteiger charge is -2.31. The van der Waals surface area contributed by atoms with Crippen molar-refractivity contribution in [2.45, 2.75) is 38.3 Å². The van der Waals surface area contributed by atoms with Crippen molar-refractivity contribution >= 4 is 0 Å². The maximum atomic E-state index is 5.95. The zero-order valence-electron chi connectivity index (χ0n) is 11.4. The number of piperidine rings is 1. The molecule has 2 N–H and O–H groups in total. The molecule has 1 aromatic rings. The Kier molecular flexibility index (Phi) is 3.99. The van der Waals surface area contributed by atoms with Crippen molar-refractivity contribution in [3.63, 3.8) is 0 Å². The highest BCUT2D eigenvalue weighted by molar-refractivity contribution is 5.17. The molecular weight excluding hydrogens is 238 g/mol. The minimum atomic E-state index is 0.326. The monoisotopic (exact) mass is 261 g/mol. The molecule has 2 aliphatic rings. The second kappa shape index (κ2) is 5.88. The molecule has 3 rings (SSSR count). The maximum absolute atomic E-state index is 5.95. The number of nitrogens with two attached hydrogens (primary N) is 1. The van der Waals surface area contributed by atoms with E-state index in [9.17, 15) is 0 Å². The van der Waals surface area contributed by atoms with Crippen molar-refractivity contribution in [3.05, 3.63) is 23.9 Å². The molecule has 0 aromatic carbocycles. The zero-order chi connectivity index (χ0) is 13.1. The lowest BCUT2D eigenvalue weighted by atomic mass is 10.1. The van der Waals surface area contributed by atoms with Gasteiger partial charge in [-0.2, -0.15) is 0 Å². The first-order valence-corrected chi connectivity index (χ1v) is 7.37. The van der Waals surface area contributed by atoms with Crippen LogP contribution in [0.2, 0.25) is 0 Å². The van der Waals surface area contributed by atoms with E-state index < -0.39 is 0 Å². The summed E-state index contributed by atoms with van der Waals surface area (Å²) in [6, 6.07) is 3.92. The maximum Gasteiger partial charge on any atom is 0.213 e. The molecule has 0 atom stereocenters. The third-order valence-electron chi connectivity index (χ3n) is 4.07. The van der Waals surface area contributed by atoms with Crippen LogP contribution in [-0.4, -0.2) is 35.6 Å². The van der Waals surface area contributed by atoms with Crippen molar-refractivity contribution < 1.29 is 4.74 Å². The van der Waals surface area contributed by atoms with E-state index in [4.69, 9.17) is 10.5 Å². The molecule has 4 nitrogen and oxygen atoms in total. The van der Waals surface area contributed by atoms with Gasteiger partial charge in [-0.3, -0.25) is 0 Å². The summed E-state index contributed by atoms with van der Waals surface area (Å²) >= 11 is 0. The Balaban J connectivity index is 1.45. The average Bonchev–Trinajstić information content (AvgIpc) is 3.26. The summed E-state index contributed by atoms with van der Waals surface area (Å²) in [5, 5.41) is 0. The smallest absolute Gasteiger partial charge is 0.213 e. The summed E-state index contributed by atoms with van der Waals surface area (Å²) in [6.45, 7) is 4.17. The highest BCUT2D eigenvalue weighted by Gasteiger charge is 2.27. The zero-order valence-corrected chi connectivity index (χ0v) is 11.4. The van der Waals surface area contributed by atoms with E-state index in [0.717, 1.165) is 30.2 Å². The van der Waals surface area contributed by atoms with Gasteiger partial charge in [-0.25, -0.2) is 4.98 Å². The topological polar surface area (TPSA) is 51.4 Å². The third-order valence-corrected chi connectivity index (χ3v) is 4.07. The Hall–Kier alpha value is -1.13. The Labute approximate surface area is 115 Å². The van der Waals surface area contributed by atoms with Crippen molar-refractivity contribution in [2.75, 3.05) is 19.6 Å². The number of likely N-dealkylation sites (tertiary alicyclic amines) is 1. The number of hydrogen-bond acceptors (Lipinski definition) is 4. The van der Waals surface area contributed by atoms with Crippen LogP contribution < -0.4 is 10.5 Å². The molecule has 1 aliphatic heterocycles. The van der Waals surface area contributed by atoms with Gasteiger partial charge in [0.1, 0.15) is 6.10 Å². The number of aromatic nitrogens is 1. The summed E-state index contributed by atoms with van der Waals surface area (Å²) in [4.78, 5) is 6.89. The highest BCUT2D eigenvalue weighted by atomic mass is 16.5. The Bertz CT molecular complexity index is 394. The lowest BCUT2D eigenvalue weighted by molar-refractivity contribution is 0.0944. The molecule has 0 bridgehead atoms. The van der Waals surface area contributed by atoms with E-state index >= 15 is 0 Å². The quantitative estimate of drug-likeness (QED) is 0.878. The van der Waals surface area contributed by atoms with Gasteiger partial charge < -0.3 is 15.4 Å². The van der Waals surface area contributed by atoms with Crippen LogP contribution in [0.15, 0.2) is 18.3 Å². The van der Waals surface area contributed by atoms with Gasteiger partial charge in [-0.15, -0.1) is 0 Å². The third kappa shape index (κ3) is 3.67. The molecule has 4 heteroatoms. The Morgan fingerprint density at radius 1 is 1.21 bits per heavy atom. The second-order valence-corrected chi connectivity index (χ2v) is 5.77. The van der Waals surface area contributed by atoms with Gasteiger partial charge in [-0.1, -0.05) is 6.07 Å². The fourth-order valence-electron chi connectivity index (χ4n) is 2.65. The van der Waals surface area contributed by atoms with Gasteiger partial charge in [0, 0.05) is 38.4 Å². The standard InChI is InChI=1S/C15H23N3O/c16-9-13-3-4-15(17-10-13)19-14-5-7-18(8-6-14)11-12-1-2-12/h3-4,10,12,14H,1-2,5-9,11,16H2. The molecule has 0 spiro atoms. The SMILES string of the molecule is NCc1ccc(OC2CCN(CC3CC3)CC2)nc1. The molecule has 1 saturated carbocycles. The number of rotatable bonds is 5.